The van der Waals surface area contributed by atoms with Crippen LogP contribution in [0.2, 0.25) is 0 Å². The normalized spacial score (nSPS) is 19.6. The van der Waals surface area contributed by atoms with Crippen LogP contribution in [0.4, 0.5) is 5.82 Å². The number of hydrogen-bond acceptors (Lipinski definition) is 7. The van der Waals surface area contributed by atoms with Crippen LogP contribution in [0, 0.1) is 0 Å². The van der Waals surface area contributed by atoms with Crippen LogP contribution >= 0.6 is 0 Å². The van der Waals surface area contributed by atoms with Crippen molar-refractivity contribution in [3.8, 4) is 0 Å². The molecule has 2 heterocycles. The molecule has 4 N–H and O–H groups in total. The molecule has 0 aliphatic carbocycles. The van der Waals surface area contributed by atoms with Crippen molar-refractivity contribution < 1.29 is 9.53 Å². The molecule has 1 aliphatic rings. The van der Waals surface area contributed by atoms with Gasteiger partial charge < -0.3 is 15.5 Å². The van der Waals surface area contributed by atoms with Gasteiger partial charge in [-0.2, -0.15) is 0 Å². The van der Waals surface area contributed by atoms with Crippen molar-refractivity contribution in [1.82, 2.24) is 20.2 Å². The molecule has 1 saturated heterocycles. The Balaban J connectivity index is 2.02. The van der Waals surface area contributed by atoms with Crippen LogP contribution in [-0.4, -0.2) is 53.1 Å². The minimum atomic E-state index is -0.280. The van der Waals surface area contributed by atoms with E-state index in [1.54, 1.807) is 12.4 Å². The Morgan fingerprint density at radius 3 is 3.05 bits per heavy atom. The molecule has 1 aromatic rings. The average molecular weight is 280 g/mol. The van der Waals surface area contributed by atoms with Crippen LogP contribution in [0.1, 0.15) is 12.6 Å². The number of nitrogens with one attached hydrogen (secondary N) is 2. The second kappa shape index (κ2) is 7.13. The second-order valence-electron chi connectivity index (χ2n) is 4.49. The van der Waals surface area contributed by atoms with Crippen molar-refractivity contribution in [2.24, 2.45) is 5.84 Å². The fraction of sp³-hybridized carbons (Fsp3) is 0.583. The summed E-state index contributed by atoms with van der Waals surface area (Å²) in [7, 11) is 0. The summed E-state index contributed by atoms with van der Waals surface area (Å²) in [5, 5.41) is 2.83. The number of hydrogen-bond donors (Lipinski definition) is 3. The highest BCUT2D eigenvalue weighted by atomic mass is 16.5. The maximum Gasteiger partial charge on any atom is 0.239 e. The highest BCUT2D eigenvalue weighted by molar-refractivity contribution is 5.81. The molecular weight excluding hydrogens is 260 g/mol. The van der Waals surface area contributed by atoms with E-state index in [-0.39, 0.29) is 11.9 Å². The number of nitrogen functional groups attached to an aromatic ring is 1. The van der Waals surface area contributed by atoms with Gasteiger partial charge in [0.25, 0.3) is 0 Å². The van der Waals surface area contributed by atoms with Crippen LogP contribution < -0.4 is 16.6 Å². The summed E-state index contributed by atoms with van der Waals surface area (Å²) in [6, 6.07) is -0.280. The lowest BCUT2D eigenvalue weighted by atomic mass is 10.2. The third-order valence-electron chi connectivity index (χ3n) is 3.11. The molecule has 0 bridgehead atoms. The summed E-state index contributed by atoms with van der Waals surface area (Å²) in [5.41, 5.74) is 3.22. The van der Waals surface area contributed by atoms with Crippen LogP contribution in [0.25, 0.3) is 0 Å². The summed E-state index contributed by atoms with van der Waals surface area (Å²) in [4.78, 5) is 22.4. The van der Waals surface area contributed by atoms with Crippen molar-refractivity contribution in [1.29, 1.82) is 0 Å². The lowest BCUT2D eigenvalue weighted by Crippen LogP contribution is -2.53. The Bertz CT molecular complexity index is 438. The number of morpholine rings is 1. The SMILES string of the molecule is CCNC(=O)C1COCCN1Cc1cnc(NN)cn1. The lowest BCUT2D eigenvalue weighted by Gasteiger charge is -2.34. The van der Waals surface area contributed by atoms with Crippen molar-refractivity contribution in [3.63, 3.8) is 0 Å². The Labute approximate surface area is 117 Å². The zero-order valence-electron chi connectivity index (χ0n) is 11.5. The third-order valence-corrected chi connectivity index (χ3v) is 3.11. The lowest BCUT2D eigenvalue weighted by molar-refractivity contribution is -0.132. The number of rotatable bonds is 5. The van der Waals surface area contributed by atoms with Crippen LogP contribution in [-0.2, 0) is 16.1 Å². The van der Waals surface area contributed by atoms with Gasteiger partial charge in [-0.3, -0.25) is 14.7 Å². The molecule has 1 aliphatic heterocycles. The minimum absolute atomic E-state index is 0.0135. The number of likely N-dealkylation sites (N-methyl/N-ethyl adjacent to an activating group) is 1. The topological polar surface area (TPSA) is 105 Å². The Hall–Kier alpha value is -1.77. The zero-order chi connectivity index (χ0) is 14.4. The Morgan fingerprint density at radius 1 is 1.55 bits per heavy atom. The quantitative estimate of drug-likeness (QED) is 0.474. The first-order valence-electron chi connectivity index (χ1n) is 6.61. The van der Waals surface area contributed by atoms with E-state index in [2.05, 4.69) is 20.7 Å². The van der Waals surface area contributed by atoms with Gasteiger partial charge in [0.1, 0.15) is 6.04 Å². The second-order valence-corrected chi connectivity index (χ2v) is 4.49. The van der Waals surface area contributed by atoms with E-state index in [1.807, 2.05) is 11.8 Å². The van der Waals surface area contributed by atoms with Gasteiger partial charge in [0, 0.05) is 19.6 Å². The van der Waals surface area contributed by atoms with E-state index >= 15 is 0 Å². The van der Waals surface area contributed by atoms with Gasteiger partial charge in [-0.15, -0.1) is 0 Å². The highest BCUT2D eigenvalue weighted by Gasteiger charge is 2.29. The average Bonchev–Trinajstić information content (AvgIpc) is 2.49. The molecule has 8 heteroatoms. The number of hydrazine groups is 1. The maximum atomic E-state index is 12.0. The van der Waals surface area contributed by atoms with Gasteiger partial charge in [0.05, 0.1) is 31.3 Å². The fourth-order valence-corrected chi connectivity index (χ4v) is 2.08. The molecular formula is C12H20N6O2. The third kappa shape index (κ3) is 3.62. The number of ether oxygens (including phenoxy) is 1. The maximum absolute atomic E-state index is 12.0. The molecule has 8 nitrogen and oxygen atoms in total. The Kier molecular flexibility index (Phi) is 5.22. The zero-order valence-corrected chi connectivity index (χ0v) is 11.5. The monoisotopic (exact) mass is 280 g/mol. The van der Waals surface area contributed by atoms with Crippen LogP contribution in [0.5, 0.6) is 0 Å². The number of carbonyl (C=O) groups excluding carboxylic acids is 1. The molecule has 1 fully saturated rings. The predicted molar refractivity (Wildman–Crippen MR) is 73.5 cm³/mol. The molecule has 1 atom stereocenters. The van der Waals surface area contributed by atoms with Crippen molar-refractivity contribution in [2.75, 3.05) is 31.7 Å². The first kappa shape index (κ1) is 14.6. The van der Waals surface area contributed by atoms with Gasteiger partial charge in [-0.05, 0) is 6.92 Å². The first-order chi connectivity index (χ1) is 9.74. The standard InChI is InChI=1S/C12H20N6O2/c1-2-14-12(19)10-8-20-4-3-18(10)7-9-5-16-11(17-13)6-15-9/h5-6,10H,2-4,7-8,13H2,1H3,(H,14,19)(H,16,17). The van der Waals surface area contributed by atoms with Crippen molar-refractivity contribution >= 4 is 11.7 Å². The molecule has 1 amide bonds. The molecule has 0 radical (unpaired) electrons. The van der Waals surface area contributed by atoms with E-state index in [4.69, 9.17) is 10.6 Å². The molecule has 110 valence electrons. The summed E-state index contributed by atoms with van der Waals surface area (Å²) >= 11 is 0. The summed E-state index contributed by atoms with van der Waals surface area (Å²) in [5.74, 6) is 5.74. The molecule has 0 spiro atoms. The molecule has 20 heavy (non-hydrogen) atoms. The van der Waals surface area contributed by atoms with E-state index < -0.39 is 0 Å². The summed E-state index contributed by atoms with van der Waals surface area (Å²) in [6.45, 7) is 4.78. The molecule has 2 rings (SSSR count). The van der Waals surface area contributed by atoms with Gasteiger partial charge in [-0.1, -0.05) is 0 Å². The van der Waals surface area contributed by atoms with Crippen LogP contribution in [0.3, 0.4) is 0 Å². The molecule has 0 aromatic carbocycles. The number of anilines is 1. The van der Waals surface area contributed by atoms with E-state index in [9.17, 15) is 4.79 Å². The summed E-state index contributed by atoms with van der Waals surface area (Å²) in [6.07, 6.45) is 3.22. The minimum Gasteiger partial charge on any atom is -0.378 e. The van der Waals surface area contributed by atoms with Crippen molar-refractivity contribution in [2.45, 2.75) is 19.5 Å². The molecule has 1 unspecified atom stereocenters. The number of carbonyl (C=O) groups is 1. The smallest absolute Gasteiger partial charge is 0.239 e. The van der Waals surface area contributed by atoms with E-state index in [1.165, 1.54) is 0 Å². The molecule has 0 saturated carbocycles. The van der Waals surface area contributed by atoms with Gasteiger partial charge in [-0.25, -0.2) is 10.8 Å². The number of nitrogens with two attached hydrogens (primary N) is 1. The number of amides is 1. The number of nitrogens with zero attached hydrogens (tertiary/aromatic N) is 3. The summed E-state index contributed by atoms with van der Waals surface area (Å²) < 4.78 is 5.39. The van der Waals surface area contributed by atoms with Crippen molar-refractivity contribution in [3.05, 3.63) is 18.1 Å². The number of aromatic nitrogens is 2. The van der Waals surface area contributed by atoms with E-state index in [0.29, 0.717) is 38.7 Å². The molecule has 1 aromatic heterocycles. The van der Waals surface area contributed by atoms with Gasteiger partial charge >= 0.3 is 0 Å². The van der Waals surface area contributed by atoms with Crippen LogP contribution in [0.15, 0.2) is 12.4 Å². The van der Waals surface area contributed by atoms with Gasteiger partial charge in [0.15, 0.2) is 5.82 Å². The fourth-order valence-electron chi connectivity index (χ4n) is 2.08. The predicted octanol–water partition coefficient (Wildman–Crippen LogP) is -0.901. The van der Waals surface area contributed by atoms with E-state index in [0.717, 1.165) is 5.69 Å². The van der Waals surface area contributed by atoms with Gasteiger partial charge in [0.2, 0.25) is 5.91 Å². The highest BCUT2D eigenvalue weighted by Crippen LogP contribution is 2.11. The Morgan fingerprint density at radius 2 is 2.40 bits per heavy atom. The largest absolute Gasteiger partial charge is 0.378 e. The first-order valence-corrected chi connectivity index (χ1v) is 6.61.